The van der Waals surface area contributed by atoms with Crippen LogP contribution in [0.4, 0.5) is 0 Å². The van der Waals surface area contributed by atoms with Crippen molar-refractivity contribution in [1.29, 1.82) is 0 Å². The second kappa shape index (κ2) is 3.71. The van der Waals surface area contributed by atoms with E-state index in [1.54, 1.807) is 18.2 Å². The van der Waals surface area contributed by atoms with Crippen LogP contribution < -0.4 is 0 Å². The van der Waals surface area contributed by atoms with Gasteiger partial charge < -0.3 is 10.2 Å². The molecule has 0 aromatic heterocycles. The Morgan fingerprint density at radius 1 is 1.12 bits per heavy atom. The van der Waals surface area contributed by atoms with Crippen LogP contribution in [0.5, 0.6) is 11.5 Å². The third kappa shape index (κ3) is 1.51. The number of phenols is 2. The van der Waals surface area contributed by atoms with E-state index in [-0.39, 0.29) is 22.8 Å². The number of benzene rings is 1. The molecule has 2 unspecified atom stereocenters. The van der Waals surface area contributed by atoms with Gasteiger partial charge in [-0.15, -0.1) is 0 Å². The molecule has 2 rings (SSSR count). The maximum atomic E-state index is 9.91. The van der Waals surface area contributed by atoms with Gasteiger partial charge in [0.1, 0.15) is 11.5 Å². The van der Waals surface area contributed by atoms with Crippen LogP contribution in [0.3, 0.4) is 0 Å². The fourth-order valence-electron chi connectivity index (χ4n) is 2.23. The summed E-state index contributed by atoms with van der Waals surface area (Å²) in [4.78, 5) is 0. The molecule has 0 saturated heterocycles. The maximum absolute atomic E-state index is 9.91. The van der Waals surface area contributed by atoms with Gasteiger partial charge in [-0.3, -0.25) is 0 Å². The lowest BCUT2D eigenvalue weighted by molar-refractivity contribution is 0.380. The van der Waals surface area contributed by atoms with Gasteiger partial charge in [0.25, 0.3) is 0 Å². The topological polar surface area (TPSA) is 40.5 Å². The zero-order valence-corrected chi connectivity index (χ0v) is 9.51. The molecule has 0 fully saturated rings. The lowest BCUT2D eigenvalue weighted by atomic mass is 9.70. The quantitative estimate of drug-likeness (QED) is 0.757. The predicted molar refractivity (Wildman–Crippen MR) is 64.6 cm³/mol. The minimum absolute atomic E-state index is 0.148. The Labute approximate surface area is 95.6 Å². The number of phenolic OH excluding ortho intramolecular Hbond substituents is 2. The van der Waals surface area contributed by atoms with Crippen LogP contribution in [0.25, 0.3) is 0 Å². The van der Waals surface area contributed by atoms with E-state index in [2.05, 4.69) is 13.0 Å². The Morgan fingerprint density at radius 2 is 1.75 bits per heavy atom. The minimum atomic E-state index is -0.357. The van der Waals surface area contributed by atoms with Crippen molar-refractivity contribution < 1.29 is 10.2 Å². The van der Waals surface area contributed by atoms with E-state index in [4.69, 9.17) is 0 Å². The van der Waals surface area contributed by atoms with Crippen molar-refractivity contribution >= 4 is 0 Å². The monoisotopic (exact) mass is 216 g/mol. The van der Waals surface area contributed by atoms with Crippen LogP contribution in [0.15, 0.2) is 42.5 Å². The van der Waals surface area contributed by atoms with Gasteiger partial charge in [0.05, 0.1) is 0 Å². The molecular weight excluding hydrogens is 200 g/mol. The van der Waals surface area contributed by atoms with Crippen LogP contribution in [0.2, 0.25) is 0 Å². The molecule has 0 amide bonds. The van der Waals surface area contributed by atoms with Crippen LogP contribution in [-0.4, -0.2) is 10.2 Å². The molecule has 0 radical (unpaired) electrons. The van der Waals surface area contributed by atoms with Crippen molar-refractivity contribution in [2.24, 2.45) is 5.92 Å². The first kappa shape index (κ1) is 10.8. The van der Waals surface area contributed by atoms with Gasteiger partial charge in [-0.05, 0) is 18.1 Å². The lowest BCUT2D eigenvalue weighted by Crippen LogP contribution is -2.28. The van der Waals surface area contributed by atoms with Gasteiger partial charge in [-0.2, -0.15) is 0 Å². The fraction of sp³-hybridized carbons (Fsp3) is 0.286. The first-order valence-electron chi connectivity index (χ1n) is 5.43. The molecule has 0 saturated carbocycles. The maximum Gasteiger partial charge on any atom is 0.123 e. The largest absolute Gasteiger partial charge is 0.507 e. The zero-order valence-electron chi connectivity index (χ0n) is 9.51. The molecule has 2 heteroatoms. The van der Waals surface area contributed by atoms with Crippen molar-refractivity contribution in [2.75, 3.05) is 0 Å². The van der Waals surface area contributed by atoms with Crippen LogP contribution in [-0.2, 0) is 5.41 Å². The van der Waals surface area contributed by atoms with Gasteiger partial charge in [0.2, 0.25) is 0 Å². The highest BCUT2D eigenvalue weighted by atomic mass is 16.3. The fourth-order valence-corrected chi connectivity index (χ4v) is 2.23. The predicted octanol–water partition coefficient (Wildman–Crippen LogP) is 3.12. The van der Waals surface area contributed by atoms with E-state index in [1.165, 1.54) is 0 Å². The van der Waals surface area contributed by atoms with Gasteiger partial charge >= 0.3 is 0 Å². The Morgan fingerprint density at radius 3 is 2.31 bits per heavy atom. The molecule has 2 nitrogen and oxygen atoms in total. The Kier molecular flexibility index (Phi) is 2.50. The zero-order chi connectivity index (χ0) is 11.8. The molecule has 1 aliphatic carbocycles. The molecule has 16 heavy (non-hydrogen) atoms. The number of rotatable bonds is 1. The normalized spacial score (nSPS) is 28.2. The highest BCUT2D eigenvalue weighted by Gasteiger charge is 2.34. The van der Waals surface area contributed by atoms with Crippen molar-refractivity contribution in [3.05, 3.63) is 48.1 Å². The number of hydrogen-bond acceptors (Lipinski definition) is 2. The van der Waals surface area contributed by atoms with Crippen molar-refractivity contribution in [1.82, 2.24) is 0 Å². The number of hydrogen-bond donors (Lipinski definition) is 2. The first-order chi connectivity index (χ1) is 7.55. The molecule has 2 atom stereocenters. The van der Waals surface area contributed by atoms with E-state index in [0.29, 0.717) is 5.56 Å². The molecule has 0 aliphatic heterocycles. The van der Waals surface area contributed by atoms with E-state index in [0.717, 1.165) is 0 Å². The standard InChI is InChI=1S/C14H16O2/c1-10-6-3-4-9-14(10,2)13-11(15)7-5-8-12(13)16/h3-10,15-16H,1-2H3. The molecule has 84 valence electrons. The van der Waals surface area contributed by atoms with Crippen LogP contribution in [0.1, 0.15) is 19.4 Å². The smallest absolute Gasteiger partial charge is 0.123 e. The van der Waals surface area contributed by atoms with Gasteiger partial charge in [-0.1, -0.05) is 44.2 Å². The molecule has 0 heterocycles. The highest BCUT2D eigenvalue weighted by molar-refractivity contribution is 5.52. The first-order valence-corrected chi connectivity index (χ1v) is 5.43. The third-order valence-corrected chi connectivity index (χ3v) is 3.46. The van der Waals surface area contributed by atoms with Gasteiger partial charge in [-0.25, -0.2) is 0 Å². The molecule has 1 aliphatic rings. The molecule has 2 N–H and O–H groups in total. The van der Waals surface area contributed by atoms with Gasteiger partial charge in [0, 0.05) is 11.0 Å². The summed E-state index contributed by atoms with van der Waals surface area (Å²) in [5, 5.41) is 19.8. The Balaban J connectivity index is 2.59. The van der Waals surface area contributed by atoms with E-state index >= 15 is 0 Å². The van der Waals surface area contributed by atoms with E-state index in [1.807, 2.05) is 25.2 Å². The highest BCUT2D eigenvalue weighted by Crippen LogP contribution is 2.45. The van der Waals surface area contributed by atoms with Crippen LogP contribution in [0, 0.1) is 5.92 Å². The number of allylic oxidation sites excluding steroid dienone is 4. The summed E-state index contributed by atoms with van der Waals surface area (Å²) in [5.41, 5.74) is 0.243. The molecule has 0 spiro atoms. The lowest BCUT2D eigenvalue weighted by Gasteiger charge is -2.34. The molecule has 1 aromatic rings. The molecule has 1 aromatic carbocycles. The summed E-state index contributed by atoms with van der Waals surface area (Å²) in [6, 6.07) is 4.86. The van der Waals surface area contributed by atoms with Crippen LogP contribution >= 0.6 is 0 Å². The van der Waals surface area contributed by atoms with Crippen molar-refractivity contribution in [2.45, 2.75) is 19.3 Å². The van der Waals surface area contributed by atoms with Crippen molar-refractivity contribution in [3.8, 4) is 11.5 Å². The molecule has 0 bridgehead atoms. The summed E-state index contributed by atoms with van der Waals surface area (Å²) < 4.78 is 0. The second-order valence-electron chi connectivity index (χ2n) is 4.49. The van der Waals surface area contributed by atoms with E-state index < -0.39 is 0 Å². The Hall–Kier alpha value is -1.70. The van der Waals surface area contributed by atoms with Gasteiger partial charge in [0.15, 0.2) is 0 Å². The van der Waals surface area contributed by atoms with E-state index in [9.17, 15) is 10.2 Å². The summed E-state index contributed by atoms with van der Waals surface area (Å²) in [6.07, 6.45) is 8.04. The number of aromatic hydroxyl groups is 2. The SMILES string of the molecule is CC1C=CC=CC1(C)c1c(O)cccc1O. The summed E-state index contributed by atoms with van der Waals surface area (Å²) in [7, 11) is 0. The summed E-state index contributed by atoms with van der Waals surface area (Å²) >= 11 is 0. The van der Waals surface area contributed by atoms with Crippen molar-refractivity contribution in [3.63, 3.8) is 0 Å². The average Bonchev–Trinajstić information content (AvgIpc) is 2.22. The summed E-state index contributed by atoms with van der Waals surface area (Å²) in [6.45, 7) is 4.10. The minimum Gasteiger partial charge on any atom is -0.507 e. The Bertz CT molecular complexity index is 440. The molecular formula is C14H16O2. The summed E-state index contributed by atoms with van der Waals surface area (Å²) in [5.74, 6) is 0.528. The average molecular weight is 216 g/mol. The third-order valence-electron chi connectivity index (χ3n) is 3.46. The second-order valence-corrected chi connectivity index (χ2v) is 4.49.